The molecule has 0 spiro atoms. The Morgan fingerprint density at radius 3 is 2.38 bits per heavy atom. The van der Waals surface area contributed by atoms with Gasteiger partial charge in [0.25, 0.3) is 0 Å². The highest BCUT2D eigenvalue weighted by Crippen LogP contribution is 2.26. The van der Waals surface area contributed by atoms with Gasteiger partial charge in [0.15, 0.2) is 0 Å². The molecule has 0 radical (unpaired) electrons. The first-order valence-corrected chi connectivity index (χ1v) is 9.44. The first-order valence-electron chi connectivity index (χ1n) is 8.45. The number of amides is 1. The number of anilines is 1. The van der Waals surface area contributed by atoms with Crippen LogP contribution < -0.4 is 10.1 Å². The molecule has 1 N–H and O–H groups in total. The van der Waals surface area contributed by atoms with Gasteiger partial charge in [0.1, 0.15) is 12.4 Å². The summed E-state index contributed by atoms with van der Waals surface area (Å²) in [5, 5.41) is 2.78. The highest BCUT2D eigenvalue weighted by atomic mass is 32.2. The molecule has 132 valence electrons. The predicted molar refractivity (Wildman–Crippen MR) is 108 cm³/mol. The second-order valence-electron chi connectivity index (χ2n) is 5.92. The van der Waals surface area contributed by atoms with Gasteiger partial charge in [-0.1, -0.05) is 42.5 Å². The van der Waals surface area contributed by atoms with Crippen LogP contribution >= 0.6 is 11.8 Å². The van der Waals surface area contributed by atoms with Crippen LogP contribution in [0.1, 0.15) is 18.1 Å². The van der Waals surface area contributed by atoms with Crippen molar-refractivity contribution in [1.82, 2.24) is 0 Å². The van der Waals surface area contributed by atoms with Crippen LogP contribution in [0.5, 0.6) is 5.75 Å². The average molecular weight is 363 g/mol. The molecule has 0 heterocycles. The molecule has 0 fully saturated rings. The lowest BCUT2D eigenvalue weighted by molar-refractivity contribution is -0.114. The zero-order valence-electron chi connectivity index (χ0n) is 14.6. The molecule has 0 atom stereocenters. The fourth-order valence-electron chi connectivity index (χ4n) is 2.47. The lowest BCUT2D eigenvalue weighted by Crippen LogP contribution is -2.05. The van der Waals surface area contributed by atoms with E-state index >= 15 is 0 Å². The van der Waals surface area contributed by atoms with E-state index in [9.17, 15) is 4.79 Å². The van der Waals surface area contributed by atoms with E-state index in [4.69, 9.17) is 4.74 Å². The van der Waals surface area contributed by atoms with Gasteiger partial charge in [0, 0.05) is 23.3 Å². The maximum absolute atomic E-state index is 11.1. The molecule has 0 aromatic heterocycles. The van der Waals surface area contributed by atoms with Crippen LogP contribution in [0.2, 0.25) is 0 Å². The van der Waals surface area contributed by atoms with Crippen LogP contribution in [-0.4, -0.2) is 5.91 Å². The van der Waals surface area contributed by atoms with Crippen molar-refractivity contribution in [2.45, 2.75) is 24.2 Å². The van der Waals surface area contributed by atoms with Gasteiger partial charge in [-0.2, -0.15) is 0 Å². The van der Waals surface area contributed by atoms with E-state index in [1.807, 2.05) is 54.6 Å². The second kappa shape index (κ2) is 9.11. The zero-order valence-corrected chi connectivity index (χ0v) is 15.5. The SMILES string of the molecule is CC(=O)Nc1ccc(SCc2cccc(OCc3ccccc3)c2)cc1. The zero-order chi connectivity index (χ0) is 18.2. The normalized spacial score (nSPS) is 10.3. The molecule has 0 aliphatic rings. The minimum Gasteiger partial charge on any atom is -0.489 e. The number of ether oxygens (including phenoxy) is 1. The summed E-state index contributed by atoms with van der Waals surface area (Å²) in [5.41, 5.74) is 3.19. The fourth-order valence-corrected chi connectivity index (χ4v) is 3.31. The molecule has 0 bridgehead atoms. The van der Waals surface area contributed by atoms with Gasteiger partial charge < -0.3 is 10.1 Å². The number of thioether (sulfide) groups is 1. The Morgan fingerprint density at radius 2 is 1.65 bits per heavy atom. The van der Waals surface area contributed by atoms with Gasteiger partial charge in [-0.05, 0) is 47.5 Å². The molecule has 3 rings (SSSR count). The number of benzene rings is 3. The summed E-state index contributed by atoms with van der Waals surface area (Å²) in [7, 11) is 0. The molecule has 3 nitrogen and oxygen atoms in total. The van der Waals surface area contributed by atoms with E-state index in [0.717, 1.165) is 27.6 Å². The number of carbonyl (C=O) groups is 1. The molecule has 3 aromatic carbocycles. The number of carbonyl (C=O) groups excluding carboxylic acids is 1. The van der Waals surface area contributed by atoms with Crippen molar-refractivity contribution in [3.8, 4) is 5.75 Å². The largest absolute Gasteiger partial charge is 0.489 e. The summed E-state index contributed by atoms with van der Waals surface area (Å²) < 4.78 is 5.89. The van der Waals surface area contributed by atoms with Crippen LogP contribution in [0.25, 0.3) is 0 Å². The minimum atomic E-state index is -0.0577. The van der Waals surface area contributed by atoms with Crippen molar-refractivity contribution in [2.75, 3.05) is 5.32 Å². The molecular formula is C22H21NO2S. The summed E-state index contributed by atoms with van der Waals surface area (Å²) in [5.74, 6) is 1.69. The quantitative estimate of drug-likeness (QED) is 0.562. The summed E-state index contributed by atoms with van der Waals surface area (Å²) in [6.07, 6.45) is 0. The third-order valence-corrected chi connectivity index (χ3v) is 4.81. The van der Waals surface area contributed by atoms with E-state index in [0.29, 0.717) is 6.61 Å². The fraction of sp³-hybridized carbons (Fsp3) is 0.136. The van der Waals surface area contributed by atoms with Crippen LogP contribution in [0.15, 0.2) is 83.8 Å². The lowest BCUT2D eigenvalue weighted by atomic mass is 10.2. The molecule has 0 aliphatic carbocycles. The molecule has 26 heavy (non-hydrogen) atoms. The standard InChI is InChI=1S/C22H21NO2S/c1-17(24)23-20-10-12-22(13-11-20)26-16-19-8-5-9-21(14-19)25-15-18-6-3-2-4-7-18/h2-14H,15-16H2,1H3,(H,23,24). The Bertz CT molecular complexity index is 848. The molecular weight excluding hydrogens is 342 g/mol. The van der Waals surface area contributed by atoms with Gasteiger partial charge in [-0.25, -0.2) is 0 Å². The lowest BCUT2D eigenvalue weighted by Gasteiger charge is -2.09. The first-order chi connectivity index (χ1) is 12.7. The van der Waals surface area contributed by atoms with Crippen molar-refractivity contribution < 1.29 is 9.53 Å². The van der Waals surface area contributed by atoms with Crippen molar-refractivity contribution in [3.63, 3.8) is 0 Å². The number of nitrogens with one attached hydrogen (secondary N) is 1. The number of rotatable bonds is 7. The monoisotopic (exact) mass is 363 g/mol. The molecule has 1 amide bonds. The van der Waals surface area contributed by atoms with Gasteiger partial charge in [-0.15, -0.1) is 11.8 Å². The number of hydrogen-bond acceptors (Lipinski definition) is 3. The molecule has 0 unspecified atom stereocenters. The molecule has 0 saturated heterocycles. The second-order valence-corrected chi connectivity index (χ2v) is 6.96. The summed E-state index contributed by atoms with van der Waals surface area (Å²) in [6, 6.07) is 26.2. The first kappa shape index (κ1) is 18.1. The molecule has 4 heteroatoms. The predicted octanol–water partition coefficient (Wildman–Crippen LogP) is 5.52. The third-order valence-electron chi connectivity index (χ3n) is 3.73. The van der Waals surface area contributed by atoms with E-state index in [2.05, 4.69) is 29.6 Å². The van der Waals surface area contributed by atoms with E-state index < -0.39 is 0 Å². The Hall–Kier alpha value is -2.72. The Balaban J connectivity index is 1.54. The van der Waals surface area contributed by atoms with Crippen LogP contribution in [0.4, 0.5) is 5.69 Å². The van der Waals surface area contributed by atoms with Crippen LogP contribution in [0, 0.1) is 0 Å². The van der Waals surface area contributed by atoms with Crippen molar-refractivity contribution in [3.05, 3.63) is 90.0 Å². The van der Waals surface area contributed by atoms with Crippen molar-refractivity contribution >= 4 is 23.4 Å². The third kappa shape index (κ3) is 5.67. The highest BCUT2D eigenvalue weighted by Gasteiger charge is 2.01. The van der Waals surface area contributed by atoms with E-state index in [1.54, 1.807) is 11.8 Å². The van der Waals surface area contributed by atoms with Crippen molar-refractivity contribution in [2.24, 2.45) is 0 Å². The van der Waals surface area contributed by atoms with Gasteiger partial charge in [-0.3, -0.25) is 4.79 Å². The van der Waals surface area contributed by atoms with E-state index in [1.165, 1.54) is 12.5 Å². The summed E-state index contributed by atoms with van der Waals surface area (Å²) >= 11 is 1.76. The summed E-state index contributed by atoms with van der Waals surface area (Å²) in [6.45, 7) is 2.08. The number of hydrogen-bond donors (Lipinski definition) is 1. The minimum absolute atomic E-state index is 0.0577. The Kier molecular flexibility index (Phi) is 6.34. The van der Waals surface area contributed by atoms with Gasteiger partial charge >= 0.3 is 0 Å². The highest BCUT2D eigenvalue weighted by molar-refractivity contribution is 7.98. The molecule has 0 saturated carbocycles. The van der Waals surface area contributed by atoms with Gasteiger partial charge in [0.05, 0.1) is 0 Å². The summed E-state index contributed by atoms with van der Waals surface area (Å²) in [4.78, 5) is 12.2. The van der Waals surface area contributed by atoms with Crippen molar-refractivity contribution in [1.29, 1.82) is 0 Å². The maximum atomic E-state index is 11.1. The smallest absolute Gasteiger partial charge is 0.221 e. The Labute approximate surface area is 158 Å². The van der Waals surface area contributed by atoms with Gasteiger partial charge in [0.2, 0.25) is 5.91 Å². The van der Waals surface area contributed by atoms with E-state index in [-0.39, 0.29) is 5.91 Å². The topological polar surface area (TPSA) is 38.3 Å². The van der Waals surface area contributed by atoms with Crippen LogP contribution in [-0.2, 0) is 17.2 Å². The maximum Gasteiger partial charge on any atom is 0.221 e. The molecule has 3 aromatic rings. The Morgan fingerprint density at radius 1 is 0.923 bits per heavy atom. The average Bonchev–Trinajstić information content (AvgIpc) is 2.67. The van der Waals surface area contributed by atoms with Crippen LogP contribution in [0.3, 0.4) is 0 Å². The molecule has 0 aliphatic heterocycles.